The monoisotopic (exact) mass is 916 g/mol. The lowest BCUT2D eigenvalue weighted by molar-refractivity contribution is 0.353. The molecule has 2 aliphatic heterocycles. The van der Waals surface area contributed by atoms with Crippen molar-refractivity contribution in [2.24, 2.45) is 9.98 Å². The van der Waals surface area contributed by atoms with E-state index in [0.29, 0.717) is 0 Å². The fourth-order valence-corrected chi connectivity index (χ4v) is 16.4. The molecule has 7 nitrogen and oxygen atoms in total. The first-order valence-electron chi connectivity index (χ1n) is 22.1. The van der Waals surface area contributed by atoms with E-state index in [9.17, 15) is 0 Å². The van der Waals surface area contributed by atoms with Crippen LogP contribution in [0.1, 0.15) is 133 Å². The Kier molecular flexibility index (Phi) is 14.9. The first-order chi connectivity index (χ1) is 28.9. The summed E-state index contributed by atoms with van der Waals surface area (Å²) in [5.41, 5.74) is 5.84. The van der Waals surface area contributed by atoms with E-state index in [-0.39, 0.29) is 37.3 Å². The largest absolute Gasteiger partial charge is 0.457 e. The third kappa shape index (κ3) is 11.6. The molecule has 4 aromatic rings. The van der Waals surface area contributed by atoms with Crippen LogP contribution in [0, 0.1) is 6.67 Å². The zero-order valence-corrected chi connectivity index (χ0v) is 45.8. The zero-order chi connectivity index (χ0) is 47.1. The molecule has 0 aromatic heterocycles. The van der Waals surface area contributed by atoms with E-state index in [1.54, 1.807) is 0 Å². The Morgan fingerprint density at radius 3 is 1.49 bits per heavy atom. The second-order valence-corrected chi connectivity index (χ2v) is 32.5. The Hall–Kier alpha value is -3.75. The molecule has 4 radical (unpaired) electrons. The lowest BCUT2D eigenvalue weighted by atomic mass is 9.76. The number of fused-ring (bicyclic) bond motifs is 2. The molecule has 0 amide bonds. The molecule has 0 saturated carbocycles. The van der Waals surface area contributed by atoms with E-state index < -0.39 is 7.57 Å². The molecule has 6 rings (SSSR count). The lowest BCUT2D eigenvalue weighted by Gasteiger charge is -2.49. The smallest absolute Gasteiger partial charge is 0.233 e. The lowest BCUT2D eigenvalue weighted by Crippen LogP contribution is -2.63. The maximum atomic E-state index is 7.39. The molecule has 336 valence electrons. The summed E-state index contributed by atoms with van der Waals surface area (Å²) >= 11 is 0. The van der Waals surface area contributed by atoms with Crippen LogP contribution in [0.5, 0.6) is 11.5 Å². The highest BCUT2D eigenvalue weighted by Gasteiger charge is 2.47. The van der Waals surface area contributed by atoms with Gasteiger partial charge in [-0.3, -0.25) is 9.98 Å². The molecular weight excluding hydrogens is 843 g/mol. The second kappa shape index (κ2) is 18.6. The van der Waals surface area contributed by atoms with E-state index in [0.717, 1.165) is 34.3 Å². The first-order valence-corrected chi connectivity index (χ1v) is 28.6. The van der Waals surface area contributed by atoms with Crippen molar-refractivity contribution in [2.45, 2.75) is 138 Å². The van der Waals surface area contributed by atoms with Crippen LogP contribution in [-0.2, 0) is 5.41 Å². The van der Waals surface area contributed by atoms with Crippen LogP contribution in [-0.4, -0.2) is 84.1 Å². The van der Waals surface area contributed by atoms with Gasteiger partial charge >= 0.3 is 0 Å². The SMILES string of the molecule is CC(C)(C)N=C(c1ccccc1)N([Si]c1cccc2c1Oc1c(cccc1[Si](P)(P)N(C(=NC(C)(C)C)c1ccccc1)C(C)(C)C)C2(C)C)C(C)(C)C.CC1=C(C)N(C)[C]N1C. The normalized spacial score (nSPS) is 15.9. The van der Waals surface area contributed by atoms with E-state index in [4.69, 9.17) is 14.7 Å². The number of hydrogen-bond acceptors (Lipinski definition) is 5. The minimum absolute atomic E-state index is 0.218. The standard InChI is InChI=1S/C45H62N4OP2Si2.C7H12N2/c1-41(2,3)46-39(31-23-17-15-18-24-31)48(43(7,8)9)53-35-29-21-27-33-37(35)50-38-34(45(33,13)14)28-22-30-36(38)54(51,52)49(44(10,11)12)40(47-42(4,5)6)32-25-19-16-20-26-32;1-6-7(2)9(4)5-8(6)3/h15-30H,51-52H2,1-14H3;1-4H3. The van der Waals surface area contributed by atoms with Gasteiger partial charge in [0.05, 0.1) is 11.1 Å². The van der Waals surface area contributed by atoms with Crippen molar-refractivity contribution in [2.75, 3.05) is 14.1 Å². The summed E-state index contributed by atoms with van der Waals surface area (Å²) in [6.07, 6.45) is 0. The van der Waals surface area contributed by atoms with Gasteiger partial charge in [0.1, 0.15) is 23.2 Å². The van der Waals surface area contributed by atoms with Gasteiger partial charge in [0.15, 0.2) is 0 Å². The van der Waals surface area contributed by atoms with Gasteiger partial charge in [0.2, 0.25) is 23.9 Å². The van der Waals surface area contributed by atoms with Crippen molar-refractivity contribution < 1.29 is 4.74 Å². The van der Waals surface area contributed by atoms with Crippen molar-refractivity contribution in [1.82, 2.24) is 18.9 Å². The van der Waals surface area contributed by atoms with Crippen molar-refractivity contribution in [3.8, 4) is 11.5 Å². The predicted molar refractivity (Wildman–Crippen MR) is 281 cm³/mol. The van der Waals surface area contributed by atoms with E-state index >= 15 is 0 Å². The topological polar surface area (TPSA) is 46.9 Å². The third-order valence-electron chi connectivity index (χ3n) is 11.2. The molecule has 0 aliphatic carbocycles. The van der Waals surface area contributed by atoms with Crippen LogP contribution in [0.3, 0.4) is 0 Å². The molecule has 0 saturated heterocycles. The second-order valence-electron chi connectivity index (χ2n) is 21.4. The number of amidine groups is 2. The molecule has 0 spiro atoms. The van der Waals surface area contributed by atoms with Crippen molar-refractivity contribution in [1.29, 1.82) is 0 Å². The van der Waals surface area contributed by atoms with Crippen LogP contribution in [0.25, 0.3) is 0 Å². The van der Waals surface area contributed by atoms with E-state index in [2.05, 4.69) is 241 Å². The number of hydrogen-bond donors (Lipinski definition) is 0. The highest BCUT2D eigenvalue weighted by molar-refractivity contribution is 8.02. The molecule has 0 bridgehead atoms. The van der Waals surface area contributed by atoms with Gasteiger partial charge in [-0.05, 0) is 96.9 Å². The maximum Gasteiger partial charge on any atom is 0.233 e. The Bertz CT molecular complexity index is 2320. The molecule has 0 N–H and O–H groups in total. The summed E-state index contributed by atoms with van der Waals surface area (Å²) < 4.78 is 12.4. The van der Waals surface area contributed by atoms with Crippen molar-refractivity contribution in [3.63, 3.8) is 0 Å². The van der Waals surface area contributed by atoms with Crippen LogP contribution in [0.2, 0.25) is 0 Å². The summed E-state index contributed by atoms with van der Waals surface area (Å²) in [5, 5.41) is 2.37. The third-order valence-corrected chi connectivity index (χ3v) is 19.2. The Labute approximate surface area is 390 Å². The molecule has 4 aromatic carbocycles. The van der Waals surface area contributed by atoms with E-state index in [1.807, 2.05) is 23.9 Å². The van der Waals surface area contributed by atoms with Crippen molar-refractivity contribution >= 4 is 56.9 Å². The Balaban J connectivity index is 0.000000738. The molecular formula is C52H74N6OP2Si2. The molecule has 11 heteroatoms. The minimum atomic E-state index is -2.74. The maximum absolute atomic E-state index is 7.39. The number of benzene rings is 4. The minimum Gasteiger partial charge on any atom is -0.457 e. The molecule has 0 fully saturated rings. The predicted octanol–water partition coefficient (Wildman–Crippen LogP) is 11.1. The Morgan fingerprint density at radius 2 is 1.06 bits per heavy atom. The molecule has 2 atom stereocenters. The molecule has 2 aliphatic rings. The van der Waals surface area contributed by atoms with Crippen LogP contribution in [0.15, 0.2) is 118 Å². The summed E-state index contributed by atoms with van der Waals surface area (Å²) in [6, 6.07) is 34.7. The summed E-state index contributed by atoms with van der Waals surface area (Å²) in [4.78, 5) is 14.8. The zero-order valence-electron chi connectivity index (χ0n) is 41.5. The highest BCUT2D eigenvalue weighted by atomic mass is 31.6. The van der Waals surface area contributed by atoms with Gasteiger partial charge in [-0.15, -0.1) is 17.6 Å². The van der Waals surface area contributed by atoms with Gasteiger partial charge in [0.25, 0.3) is 0 Å². The van der Waals surface area contributed by atoms with Gasteiger partial charge in [-0.2, -0.15) is 0 Å². The fraction of sp³-hybridized carbons (Fsp3) is 0.442. The average Bonchev–Trinajstić information content (AvgIpc) is 3.39. The Morgan fingerprint density at radius 1 is 0.619 bits per heavy atom. The van der Waals surface area contributed by atoms with Gasteiger partial charge in [0, 0.05) is 74.6 Å². The summed E-state index contributed by atoms with van der Waals surface area (Å²) in [6.45, 7) is 38.7. The van der Waals surface area contributed by atoms with Crippen LogP contribution in [0.4, 0.5) is 0 Å². The van der Waals surface area contributed by atoms with Crippen LogP contribution >= 0.6 is 17.6 Å². The van der Waals surface area contributed by atoms with Gasteiger partial charge < -0.3 is 23.7 Å². The van der Waals surface area contributed by atoms with Crippen molar-refractivity contribution in [3.05, 3.63) is 137 Å². The molecule has 2 unspecified atom stereocenters. The van der Waals surface area contributed by atoms with Gasteiger partial charge in [-0.1, -0.05) is 111 Å². The quantitative estimate of drug-likeness (QED) is 0.0835. The fourth-order valence-electron chi connectivity index (χ4n) is 7.91. The average molecular weight is 917 g/mol. The number of para-hydroxylation sites is 2. The van der Waals surface area contributed by atoms with Gasteiger partial charge in [-0.25, -0.2) is 0 Å². The number of nitrogens with zero attached hydrogens (tertiary/aromatic N) is 6. The molecule has 63 heavy (non-hydrogen) atoms. The van der Waals surface area contributed by atoms with Crippen LogP contribution < -0.4 is 15.1 Å². The number of ether oxygens (including phenoxy) is 1. The number of rotatable bonds is 6. The number of allylic oxidation sites excluding steroid dienone is 2. The number of aliphatic imine (C=N–C) groups is 2. The molecule has 2 heterocycles. The first kappa shape index (κ1) is 50.3. The van der Waals surface area contributed by atoms with E-state index in [1.165, 1.54) is 32.9 Å². The summed E-state index contributed by atoms with van der Waals surface area (Å²) in [5.74, 6) is 3.90. The summed E-state index contributed by atoms with van der Waals surface area (Å²) in [7, 11) is 8.20. The highest BCUT2D eigenvalue weighted by Crippen LogP contribution is 2.49.